The molecule has 6 heteroatoms. The molecule has 2 fully saturated rings. The Balaban J connectivity index is 1.41. The quantitative estimate of drug-likeness (QED) is 0.776. The van der Waals surface area contributed by atoms with Crippen LogP contribution in [0.5, 0.6) is 0 Å². The summed E-state index contributed by atoms with van der Waals surface area (Å²) in [5, 5.41) is 12.6. The van der Waals surface area contributed by atoms with Crippen LogP contribution in [-0.4, -0.2) is 59.0 Å². The predicted molar refractivity (Wildman–Crippen MR) is 116 cm³/mol. The molecule has 0 spiro atoms. The Morgan fingerprint density at radius 3 is 2.52 bits per heavy atom. The van der Waals surface area contributed by atoms with Gasteiger partial charge in [0.05, 0.1) is 12.3 Å². The normalized spacial score (nSPS) is 20.1. The summed E-state index contributed by atoms with van der Waals surface area (Å²) >= 11 is 1.66. The van der Waals surface area contributed by atoms with Crippen LogP contribution in [0.4, 0.5) is 0 Å². The number of hydrogen-bond donors (Lipinski definition) is 1. The minimum absolute atomic E-state index is 0.0137. The van der Waals surface area contributed by atoms with Gasteiger partial charge in [-0.1, -0.05) is 24.6 Å². The molecule has 1 amide bonds. The van der Waals surface area contributed by atoms with E-state index < -0.39 is 11.9 Å². The van der Waals surface area contributed by atoms with Crippen molar-refractivity contribution in [3.05, 3.63) is 35.2 Å². The summed E-state index contributed by atoms with van der Waals surface area (Å²) in [4.78, 5) is 29.2. The van der Waals surface area contributed by atoms with Crippen molar-refractivity contribution in [3.63, 3.8) is 0 Å². The number of nitrogens with zero attached hydrogens (tertiary/aromatic N) is 2. The first-order valence-electron chi connectivity index (χ1n) is 10.8. The molecule has 29 heavy (non-hydrogen) atoms. The van der Waals surface area contributed by atoms with E-state index in [4.69, 9.17) is 0 Å². The van der Waals surface area contributed by atoms with E-state index in [1.54, 1.807) is 11.3 Å². The van der Waals surface area contributed by atoms with Gasteiger partial charge in [-0.25, -0.2) is 0 Å². The van der Waals surface area contributed by atoms with Crippen molar-refractivity contribution in [2.75, 3.05) is 26.2 Å². The third-order valence-corrected chi connectivity index (χ3v) is 7.49. The maximum absolute atomic E-state index is 13.2. The Morgan fingerprint density at radius 1 is 1.07 bits per heavy atom. The molecule has 3 heterocycles. The summed E-state index contributed by atoms with van der Waals surface area (Å²) in [7, 11) is 0. The molecule has 2 aliphatic heterocycles. The number of carbonyl (C=O) groups excluding carboxylic acids is 1. The van der Waals surface area contributed by atoms with Crippen molar-refractivity contribution < 1.29 is 14.7 Å². The average Bonchev–Trinajstić information content (AvgIpc) is 3.16. The Bertz CT molecular complexity index is 851. The molecule has 1 aromatic heterocycles. The Hall–Kier alpha value is -1.92. The number of carboxylic acids is 1. The van der Waals surface area contributed by atoms with Crippen molar-refractivity contribution in [1.29, 1.82) is 0 Å². The van der Waals surface area contributed by atoms with Gasteiger partial charge in [0.1, 0.15) is 0 Å². The number of carboxylic acid groups (broad SMARTS) is 1. The fourth-order valence-electron chi connectivity index (χ4n) is 4.91. The summed E-state index contributed by atoms with van der Waals surface area (Å²) < 4.78 is 1.19. The van der Waals surface area contributed by atoms with Crippen molar-refractivity contribution in [3.8, 4) is 0 Å². The first-order chi connectivity index (χ1) is 14.1. The lowest BCUT2D eigenvalue weighted by atomic mass is 9.92. The van der Waals surface area contributed by atoms with E-state index in [2.05, 4.69) is 22.4 Å². The van der Waals surface area contributed by atoms with Crippen molar-refractivity contribution in [2.24, 2.45) is 5.92 Å². The van der Waals surface area contributed by atoms with Crippen molar-refractivity contribution in [1.82, 2.24) is 9.80 Å². The lowest BCUT2D eigenvalue weighted by Crippen LogP contribution is -2.49. The van der Waals surface area contributed by atoms with Gasteiger partial charge in [0.15, 0.2) is 0 Å². The molecule has 2 aliphatic rings. The number of rotatable bonds is 6. The van der Waals surface area contributed by atoms with Gasteiger partial charge in [-0.15, -0.1) is 11.3 Å². The summed E-state index contributed by atoms with van der Waals surface area (Å²) in [6, 6.07) is 8.72. The van der Waals surface area contributed by atoms with Gasteiger partial charge >= 0.3 is 5.97 Å². The van der Waals surface area contributed by atoms with E-state index in [-0.39, 0.29) is 12.3 Å². The summed E-state index contributed by atoms with van der Waals surface area (Å²) in [6.07, 6.45) is 6.32. The van der Waals surface area contributed by atoms with Crippen molar-refractivity contribution in [2.45, 2.75) is 51.0 Å². The largest absolute Gasteiger partial charge is 0.481 e. The van der Waals surface area contributed by atoms with Crippen LogP contribution in [0.3, 0.4) is 0 Å². The van der Waals surface area contributed by atoms with E-state index in [0.717, 1.165) is 36.9 Å². The Kier molecular flexibility index (Phi) is 6.50. The molecule has 0 bridgehead atoms. The van der Waals surface area contributed by atoms with Crippen LogP contribution in [0.25, 0.3) is 10.1 Å². The lowest BCUT2D eigenvalue weighted by Gasteiger charge is -2.41. The summed E-state index contributed by atoms with van der Waals surface area (Å²) in [5.41, 5.74) is 1.09. The maximum Gasteiger partial charge on any atom is 0.304 e. The first kappa shape index (κ1) is 20.4. The predicted octanol–water partition coefficient (Wildman–Crippen LogP) is 4.01. The standard InChI is InChI=1S/C23H30N2O3S/c26-22(27)15-17(14-18-16-29-21-7-3-2-6-20(18)21)23(28)25-12-8-19(9-13-25)24-10-4-1-5-11-24/h2-3,6-7,16-17,19H,1,4-5,8-15H2,(H,26,27)/t17-/m0/s1. The number of likely N-dealkylation sites (tertiary alicyclic amines) is 2. The highest BCUT2D eigenvalue weighted by Crippen LogP contribution is 2.30. The number of thiophene rings is 1. The third-order valence-electron chi connectivity index (χ3n) is 6.48. The maximum atomic E-state index is 13.2. The van der Waals surface area contributed by atoms with Gasteiger partial charge in [0.25, 0.3) is 0 Å². The number of benzene rings is 1. The highest BCUT2D eigenvalue weighted by Gasteiger charge is 2.32. The Morgan fingerprint density at radius 2 is 1.79 bits per heavy atom. The van der Waals surface area contributed by atoms with Crippen LogP contribution in [0.15, 0.2) is 29.6 Å². The highest BCUT2D eigenvalue weighted by molar-refractivity contribution is 7.17. The molecule has 0 unspecified atom stereocenters. The van der Waals surface area contributed by atoms with Crippen LogP contribution in [0.2, 0.25) is 0 Å². The second-order valence-electron chi connectivity index (χ2n) is 8.41. The molecule has 1 aromatic carbocycles. The second-order valence-corrected chi connectivity index (χ2v) is 9.32. The van der Waals surface area contributed by atoms with Gasteiger partial charge in [-0.2, -0.15) is 0 Å². The highest BCUT2D eigenvalue weighted by atomic mass is 32.1. The van der Waals surface area contributed by atoms with E-state index in [9.17, 15) is 14.7 Å². The number of aliphatic carboxylic acids is 1. The molecule has 5 nitrogen and oxygen atoms in total. The van der Waals surface area contributed by atoms with Crippen LogP contribution < -0.4 is 0 Å². The van der Waals surface area contributed by atoms with Crippen LogP contribution >= 0.6 is 11.3 Å². The number of piperidine rings is 2. The van der Waals surface area contributed by atoms with E-state index in [1.165, 1.54) is 37.1 Å². The molecule has 2 aromatic rings. The number of hydrogen-bond acceptors (Lipinski definition) is 4. The number of amides is 1. The smallest absolute Gasteiger partial charge is 0.304 e. The van der Waals surface area contributed by atoms with Gasteiger partial charge in [-0.05, 0) is 67.6 Å². The molecule has 0 aliphatic carbocycles. The van der Waals surface area contributed by atoms with E-state index >= 15 is 0 Å². The van der Waals surface area contributed by atoms with Gasteiger partial charge in [-0.3, -0.25) is 9.59 Å². The lowest BCUT2D eigenvalue weighted by molar-refractivity contribution is -0.145. The molecule has 0 radical (unpaired) electrons. The van der Waals surface area contributed by atoms with Crippen LogP contribution in [0, 0.1) is 5.92 Å². The molecule has 156 valence electrons. The minimum atomic E-state index is -0.897. The van der Waals surface area contributed by atoms with E-state index in [0.29, 0.717) is 12.5 Å². The summed E-state index contributed by atoms with van der Waals surface area (Å²) in [5.74, 6) is -1.37. The monoisotopic (exact) mass is 414 g/mol. The third kappa shape index (κ3) is 4.81. The number of fused-ring (bicyclic) bond motifs is 1. The van der Waals surface area contributed by atoms with Crippen LogP contribution in [0.1, 0.15) is 44.1 Å². The SMILES string of the molecule is O=C(O)C[C@H](Cc1csc2ccccc12)C(=O)N1CCC(N2CCCCC2)CC1. The zero-order valence-corrected chi connectivity index (χ0v) is 17.7. The van der Waals surface area contributed by atoms with Gasteiger partial charge in [0, 0.05) is 23.8 Å². The first-order valence-corrected chi connectivity index (χ1v) is 11.7. The molecular weight excluding hydrogens is 384 g/mol. The number of carbonyl (C=O) groups is 2. The fourth-order valence-corrected chi connectivity index (χ4v) is 5.88. The van der Waals surface area contributed by atoms with Gasteiger partial charge in [0.2, 0.25) is 5.91 Å². The van der Waals surface area contributed by atoms with Crippen molar-refractivity contribution >= 4 is 33.3 Å². The fraction of sp³-hybridized carbons (Fsp3) is 0.565. The van der Waals surface area contributed by atoms with Gasteiger partial charge < -0.3 is 14.9 Å². The Labute approximate surface area is 176 Å². The average molecular weight is 415 g/mol. The molecule has 1 atom stereocenters. The molecule has 0 saturated carbocycles. The second kappa shape index (κ2) is 9.26. The molecule has 1 N–H and O–H groups in total. The molecule has 2 saturated heterocycles. The van der Waals surface area contributed by atoms with Crippen LogP contribution in [-0.2, 0) is 16.0 Å². The zero-order chi connectivity index (χ0) is 20.2. The van der Waals surface area contributed by atoms with E-state index in [1.807, 2.05) is 17.0 Å². The topological polar surface area (TPSA) is 60.9 Å². The molecule has 4 rings (SSSR count). The minimum Gasteiger partial charge on any atom is -0.481 e. The zero-order valence-electron chi connectivity index (χ0n) is 16.9. The summed E-state index contributed by atoms with van der Waals surface area (Å²) in [6.45, 7) is 3.87. The molecular formula is C23H30N2O3S.